The fourth-order valence-corrected chi connectivity index (χ4v) is 1.68. The number of rotatable bonds is 6. The zero-order valence-electron chi connectivity index (χ0n) is 9.48. The van der Waals surface area contributed by atoms with Crippen molar-refractivity contribution in [2.45, 2.75) is 32.3 Å². The lowest BCUT2D eigenvalue weighted by Gasteiger charge is -2.10. The fraction of sp³-hybridized carbons (Fsp3) is 0.429. The zero-order chi connectivity index (χ0) is 11.2. The van der Waals surface area contributed by atoms with E-state index < -0.39 is 0 Å². The van der Waals surface area contributed by atoms with Crippen molar-refractivity contribution in [2.24, 2.45) is 0 Å². The van der Waals surface area contributed by atoms with E-state index in [1.807, 2.05) is 18.2 Å². The molecule has 2 heteroatoms. The van der Waals surface area contributed by atoms with Crippen LogP contribution >= 0.6 is 0 Å². The van der Waals surface area contributed by atoms with Gasteiger partial charge in [-0.2, -0.15) is 0 Å². The highest BCUT2D eigenvalue weighted by atomic mass is 16.5. The number of benzene rings is 1. The van der Waals surface area contributed by atoms with Gasteiger partial charge in [-0.3, -0.25) is 0 Å². The maximum Gasteiger partial charge on any atom is 0.113 e. The SMILES string of the molecule is OCCCC(OCc1ccccc1)=C1CC1. The Kier molecular flexibility index (Phi) is 4.00. The van der Waals surface area contributed by atoms with Crippen LogP contribution in [-0.4, -0.2) is 11.7 Å². The third kappa shape index (κ3) is 3.38. The van der Waals surface area contributed by atoms with E-state index in [1.54, 1.807) is 0 Å². The Morgan fingerprint density at radius 3 is 2.56 bits per heavy atom. The number of hydrogen-bond donors (Lipinski definition) is 1. The molecule has 1 saturated carbocycles. The third-order valence-electron chi connectivity index (χ3n) is 2.71. The molecule has 16 heavy (non-hydrogen) atoms. The summed E-state index contributed by atoms with van der Waals surface area (Å²) in [6, 6.07) is 10.2. The Labute approximate surface area is 96.6 Å². The van der Waals surface area contributed by atoms with Crippen LogP contribution in [0.1, 0.15) is 31.2 Å². The molecule has 1 aliphatic carbocycles. The molecule has 0 heterocycles. The van der Waals surface area contributed by atoms with E-state index in [0.717, 1.165) is 18.6 Å². The number of ether oxygens (including phenoxy) is 1. The van der Waals surface area contributed by atoms with Crippen LogP contribution < -0.4 is 0 Å². The predicted octanol–water partition coefficient (Wildman–Crippen LogP) is 3.02. The Bertz CT molecular complexity index is 348. The van der Waals surface area contributed by atoms with Crippen LogP contribution in [0.3, 0.4) is 0 Å². The van der Waals surface area contributed by atoms with E-state index in [9.17, 15) is 0 Å². The smallest absolute Gasteiger partial charge is 0.113 e. The molecular weight excluding hydrogens is 200 g/mol. The largest absolute Gasteiger partial charge is 0.493 e. The molecule has 2 rings (SSSR count). The van der Waals surface area contributed by atoms with Crippen LogP contribution in [0.4, 0.5) is 0 Å². The van der Waals surface area contributed by atoms with Gasteiger partial charge in [0.15, 0.2) is 0 Å². The average Bonchev–Trinajstić information content (AvgIpc) is 3.15. The molecule has 0 radical (unpaired) electrons. The van der Waals surface area contributed by atoms with Gasteiger partial charge in [0.1, 0.15) is 6.61 Å². The van der Waals surface area contributed by atoms with Gasteiger partial charge < -0.3 is 9.84 Å². The number of allylic oxidation sites excluding steroid dienone is 2. The van der Waals surface area contributed by atoms with Crippen molar-refractivity contribution in [1.29, 1.82) is 0 Å². The summed E-state index contributed by atoms with van der Waals surface area (Å²) in [5.74, 6) is 1.11. The minimum atomic E-state index is 0.242. The van der Waals surface area contributed by atoms with Crippen molar-refractivity contribution in [1.82, 2.24) is 0 Å². The average molecular weight is 218 g/mol. The van der Waals surface area contributed by atoms with Gasteiger partial charge in [-0.05, 0) is 30.4 Å². The molecule has 0 aromatic heterocycles. The van der Waals surface area contributed by atoms with Gasteiger partial charge in [-0.25, -0.2) is 0 Å². The Balaban J connectivity index is 1.86. The summed E-state index contributed by atoms with van der Waals surface area (Å²) in [6.45, 7) is 0.885. The normalized spacial score (nSPS) is 13.7. The molecule has 1 aliphatic rings. The summed E-state index contributed by atoms with van der Waals surface area (Å²) in [4.78, 5) is 0. The first-order valence-corrected chi connectivity index (χ1v) is 5.88. The Morgan fingerprint density at radius 1 is 1.19 bits per heavy atom. The maximum atomic E-state index is 8.82. The van der Waals surface area contributed by atoms with Crippen LogP contribution in [0, 0.1) is 0 Å². The standard InChI is InChI=1S/C14H18O2/c15-10-4-7-14(13-8-9-13)16-11-12-5-2-1-3-6-12/h1-3,5-6,15H,4,7-11H2. The van der Waals surface area contributed by atoms with Crippen molar-refractivity contribution in [3.8, 4) is 0 Å². The molecule has 0 aliphatic heterocycles. The Morgan fingerprint density at radius 2 is 1.94 bits per heavy atom. The third-order valence-corrected chi connectivity index (χ3v) is 2.71. The van der Waals surface area contributed by atoms with Crippen LogP contribution in [0.15, 0.2) is 41.7 Å². The summed E-state index contributed by atoms with van der Waals surface area (Å²) in [5.41, 5.74) is 2.63. The molecule has 0 spiro atoms. The van der Waals surface area contributed by atoms with Gasteiger partial charge in [0.25, 0.3) is 0 Å². The van der Waals surface area contributed by atoms with E-state index in [1.165, 1.54) is 24.0 Å². The molecule has 1 aromatic rings. The summed E-state index contributed by atoms with van der Waals surface area (Å²) < 4.78 is 5.82. The second-order valence-electron chi connectivity index (χ2n) is 4.13. The summed E-state index contributed by atoms with van der Waals surface area (Å²) in [7, 11) is 0. The summed E-state index contributed by atoms with van der Waals surface area (Å²) >= 11 is 0. The summed E-state index contributed by atoms with van der Waals surface area (Å²) in [5, 5.41) is 8.82. The van der Waals surface area contributed by atoms with Crippen LogP contribution in [0.25, 0.3) is 0 Å². The van der Waals surface area contributed by atoms with Crippen LogP contribution in [-0.2, 0) is 11.3 Å². The van der Waals surface area contributed by atoms with E-state index in [-0.39, 0.29) is 6.61 Å². The lowest BCUT2D eigenvalue weighted by atomic mass is 10.2. The lowest BCUT2D eigenvalue weighted by Crippen LogP contribution is -1.96. The molecular formula is C14H18O2. The molecule has 0 bridgehead atoms. The molecule has 1 N–H and O–H groups in total. The fourth-order valence-electron chi connectivity index (χ4n) is 1.68. The van der Waals surface area contributed by atoms with Crippen LogP contribution in [0.2, 0.25) is 0 Å². The highest BCUT2D eigenvalue weighted by Crippen LogP contribution is 2.34. The Hall–Kier alpha value is -1.28. The topological polar surface area (TPSA) is 29.5 Å². The van der Waals surface area contributed by atoms with E-state index in [2.05, 4.69) is 12.1 Å². The van der Waals surface area contributed by atoms with Crippen molar-refractivity contribution >= 4 is 0 Å². The minimum Gasteiger partial charge on any atom is -0.493 e. The monoisotopic (exact) mass is 218 g/mol. The first kappa shape index (κ1) is 11.2. The number of hydrogen-bond acceptors (Lipinski definition) is 2. The van der Waals surface area contributed by atoms with Gasteiger partial charge in [0.2, 0.25) is 0 Å². The summed E-state index contributed by atoms with van der Waals surface area (Å²) in [6.07, 6.45) is 4.03. The molecule has 0 amide bonds. The molecule has 2 nitrogen and oxygen atoms in total. The van der Waals surface area contributed by atoms with E-state index >= 15 is 0 Å². The van der Waals surface area contributed by atoms with Crippen molar-refractivity contribution < 1.29 is 9.84 Å². The van der Waals surface area contributed by atoms with Gasteiger partial charge in [0, 0.05) is 13.0 Å². The molecule has 1 aromatic carbocycles. The van der Waals surface area contributed by atoms with Crippen LogP contribution in [0.5, 0.6) is 0 Å². The number of aliphatic hydroxyl groups is 1. The van der Waals surface area contributed by atoms with Gasteiger partial charge in [0.05, 0.1) is 5.76 Å². The molecule has 0 saturated heterocycles. The quantitative estimate of drug-likeness (QED) is 0.744. The minimum absolute atomic E-state index is 0.242. The second kappa shape index (κ2) is 5.71. The van der Waals surface area contributed by atoms with Gasteiger partial charge in [-0.1, -0.05) is 30.3 Å². The maximum absolute atomic E-state index is 8.82. The van der Waals surface area contributed by atoms with Gasteiger partial charge >= 0.3 is 0 Å². The highest BCUT2D eigenvalue weighted by Gasteiger charge is 2.18. The van der Waals surface area contributed by atoms with Gasteiger partial charge in [-0.15, -0.1) is 0 Å². The van der Waals surface area contributed by atoms with Crippen molar-refractivity contribution in [3.05, 3.63) is 47.2 Å². The van der Waals surface area contributed by atoms with Crippen molar-refractivity contribution in [3.63, 3.8) is 0 Å². The molecule has 0 atom stereocenters. The second-order valence-corrected chi connectivity index (χ2v) is 4.13. The lowest BCUT2D eigenvalue weighted by molar-refractivity contribution is 0.179. The van der Waals surface area contributed by atoms with E-state index in [4.69, 9.17) is 9.84 Å². The van der Waals surface area contributed by atoms with Crippen molar-refractivity contribution in [2.75, 3.05) is 6.61 Å². The molecule has 86 valence electrons. The number of aliphatic hydroxyl groups excluding tert-OH is 1. The molecule has 1 fully saturated rings. The van der Waals surface area contributed by atoms with E-state index in [0.29, 0.717) is 6.61 Å². The first-order valence-electron chi connectivity index (χ1n) is 5.88. The highest BCUT2D eigenvalue weighted by molar-refractivity contribution is 5.22. The first-order chi connectivity index (χ1) is 7.90. The predicted molar refractivity (Wildman–Crippen MR) is 63.8 cm³/mol. The zero-order valence-corrected chi connectivity index (χ0v) is 9.48. The molecule has 0 unspecified atom stereocenters.